The fourth-order valence-corrected chi connectivity index (χ4v) is 4.33. The third-order valence-electron chi connectivity index (χ3n) is 2.28. The summed E-state index contributed by atoms with van der Waals surface area (Å²) in [6, 6.07) is 1.32. The molecule has 1 atom stereocenters. The van der Waals surface area contributed by atoms with E-state index in [1.54, 1.807) is 7.11 Å². The van der Waals surface area contributed by atoms with Crippen molar-refractivity contribution in [1.82, 2.24) is 4.67 Å². The van der Waals surface area contributed by atoms with Crippen LogP contribution in [0.25, 0.3) is 0 Å². The van der Waals surface area contributed by atoms with Crippen LogP contribution in [0.3, 0.4) is 0 Å². The molecule has 3 heteroatoms. The number of nitrogens with zero attached hydrogens (tertiary/aromatic N) is 1. The molecule has 0 fully saturated rings. The van der Waals surface area contributed by atoms with Gasteiger partial charge < -0.3 is 4.74 Å². The third kappa shape index (κ3) is 5.29. The molecule has 1 unspecified atom stereocenters. The quantitative estimate of drug-likeness (QED) is 0.481. The summed E-state index contributed by atoms with van der Waals surface area (Å²) in [5.41, 5.74) is 0. The summed E-state index contributed by atoms with van der Waals surface area (Å²) in [7, 11) is 1.80. The maximum Gasteiger partial charge on any atom is 0.0466 e. The zero-order valence-electron chi connectivity index (χ0n) is 10.6. The molecule has 0 aliphatic carbocycles. The summed E-state index contributed by atoms with van der Waals surface area (Å²) < 4.78 is 7.71. The van der Waals surface area contributed by atoms with Crippen molar-refractivity contribution in [3.8, 4) is 0 Å². The Kier molecular flexibility index (Phi) is 7.81. The first-order valence-corrected chi connectivity index (χ1v) is 7.41. The minimum atomic E-state index is 0.0188. The van der Waals surface area contributed by atoms with Crippen molar-refractivity contribution in [3.05, 3.63) is 0 Å². The van der Waals surface area contributed by atoms with Gasteiger partial charge in [0.1, 0.15) is 0 Å². The van der Waals surface area contributed by atoms with E-state index in [-0.39, 0.29) is 8.07 Å². The Balaban J connectivity index is 3.96. The van der Waals surface area contributed by atoms with Gasteiger partial charge in [-0.15, -0.1) is 0 Å². The molecule has 0 aliphatic rings. The van der Waals surface area contributed by atoms with Crippen LogP contribution in [0, 0.1) is 0 Å². The first kappa shape index (κ1) is 14.3. The molecule has 0 N–H and O–H groups in total. The summed E-state index contributed by atoms with van der Waals surface area (Å²) in [5, 5.41) is 0. The largest absolute Gasteiger partial charge is 0.385 e. The lowest BCUT2D eigenvalue weighted by atomic mass is 10.3. The second kappa shape index (κ2) is 7.62. The Bertz CT molecular complexity index is 131. The molecule has 0 aliphatic heterocycles. The average molecular weight is 219 g/mol. The zero-order valence-corrected chi connectivity index (χ0v) is 11.5. The Morgan fingerprint density at radius 1 is 1.14 bits per heavy atom. The van der Waals surface area contributed by atoms with E-state index in [4.69, 9.17) is 4.74 Å². The van der Waals surface area contributed by atoms with E-state index in [2.05, 4.69) is 39.0 Å². The second-order valence-corrected chi connectivity index (χ2v) is 6.52. The summed E-state index contributed by atoms with van der Waals surface area (Å²) in [6.45, 7) is 12.4. The summed E-state index contributed by atoms with van der Waals surface area (Å²) in [4.78, 5) is 0. The number of ether oxygens (including phenoxy) is 1. The van der Waals surface area contributed by atoms with E-state index in [1.807, 2.05) is 0 Å². The van der Waals surface area contributed by atoms with E-state index in [9.17, 15) is 0 Å². The predicted molar refractivity (Wildman–Crippen MR) is 66.3 cm³/mol. The highest BCUT2D eigenvalue weighted by molar-refractivity contribution is 7.54. The van der Waals surface area contributed by atoms with Gasteiger partial charge in [-0.25, -0.2) is 0 Å². The van der Waals surface area contributed by atoms with Crippen LogP contribution in [-0.2, 0) is 4.74 Å². The number of hydrogen-bond donors (Lipinski definition) is 0. The van der Waals surface area contributed by atoms with Crippen LogP contribution in [0.5, 0.6) is 0 Å². The van der Waals surface area contributed by atoms with E-state index in [0.29, 0.717) is 12.1 Å². The lowest BCUT2D eigenvalue weighted by Gasteiger charge is -2.36. The molecule has 0 aromatic heterocycles. The molecular formula is C11H26NOP. The van der Waals surface area contributed by atoms with E-state index >= 15 is 0 Å². The second-order valence-electron chi connectivity index (χ2n) is 4.30. The van der Waals surface area contributed by atoms with Gasteiger partial charge in [-0.1, -0.05) is 0 Å². The van der Waals surface area contributed by atoms with Crippen molar-refractivity contribution in [3.63, 3.8) is 0 Å². The Hall–Kier alpha value is 0.350. The molecule has 0 aromatic carbocycles. The topological polar surface area (TPSA) is 12.5 Å². The summed E-state index contributed by atoms with van der Waals surface area (Å²) >= 11 is 0. The third-order valence-corrected chi connectivity index (χ3v) is 4.96. The molecule has 0 rings (SSSR count). The number of rotatable bonds is 7. The summed E-state index contributed by atoms with van der Waals surface area (Å²) in [6.07, 6.45) is 2.48. The molecule has 0 radical (unpaired) electrons. The molecule has 14 heavy (non-hydrogen) atoms. The van der Waals surface area contributed by atoms with Gasteiger partial charge in [0.05, 0.1) is 0 Å². The van der Waals surface area contributed by atoms with E-state index in [0.717, 1.165) is 6.61 Å². The van der Waals surface area contributed by atoms with Gasteiger partial charge >= 0.3 is 0 Å². The van der Waals surface area contributed by atoms with Gasteiger partial charge in [-0.3, -0.25) is 4.67 Å². The first-order valence-electron chi connectivity index (χ1n) is 5.49. The minimum absolute atomic E-state index is 0.0188. The average Bonchev–Trinajstić information content (AvgIpc) is 2.03. The van der Waals surface area contributed by atoms with Crippen LogP contribution in [0.2, 0.25) is 0 Å². The molecule has 86 valence electrons. The highest BCUT2D eigenvalue weighted by atomic mass is 31.1. The van der Waals surface area contributed by atoms with Crippen molar-refractivity contribution in [2.24, 2.45) is 0 Å². The molecule has 0 spiro atoms. The fourth-order valence-electron chi connectivity index (χ4n) is 1.94. The van der Waals surface area contributed by atoms with Gasteiger partial charge in [-0.2, -0.15) is 0 Å². The Morgan fingerprint density at radius 3 is 2.00 bits per heavy atom. The molecule has 0 saturated heterocycles. The Morgan fingerprint density at radius 2 is 1.64 bits per heavy atom. The standard InChI is InChI=1S/C11H26NOP/c1-10(2)12(11(3)4)14(6)9-7-8-13-5/h10-11H,7-9H2,1-6H3. The first-order chi connectivity index (χ1) is 6.50. The van der Waals surface area contributed by atoms with Crippen molar-refractivity contribution in [2.45, 2.75) is 46.2 Å². The highest BCUT2D eigenvalue weighted by Gasteiger charge is 2.19. The van der Waals surface area contributed by atoms with Gasteiger partial charge in [-0.05, 0) is 55.0 Å². The van der Waals surface area contributed by atoms with Gasteiger partial charge in [0, 0.05) is 25.8 Å². The number of hydrogen-bond acceptors (Lipinski definition) is 2. The Labute approximate surface area is 90.8 Å². The van der Waals surface area contributed by atoms with Crippen molar-refractivity contribution < 1.29 is 4.74 Å². The fraction of sp³-hybridized carbons (Fsp3) is 1.00. The van der Waals surface area contributed by atoms with Crippen molar-refractivity contribution >= 4 is 8.07 Å². The molecular weight excluding hydrogens is 193 g/mol. The number of methoxy groups -OCH3 is 1. The van der Waals surface area contributed by atoms with Gasteiger partial charge in [0.15, 0.2) is 0 Å². The predicted octanol–water partition coefficient (Wildman–Crippen LogP) is 3.17. The van der Waals surface area contributed by atoms with Crippen LogP contribution in [0.1, 0.15) is 34.1 Å². The zero-order chi connectivity index (χ0) is 11.1. The molecule has 0 aromatic rings. The smallest absolute Gasteiger partial charge is 0.0466 e. The van der Waals surface area contributed by atoms with Crippen LogP contribution < -0.4 is 0 Å². The molecule has 2 nitrogen and oxygen atoms in total. The van der Waals surface area contributed by atoms with Gasteiger partial charge in [0.25, 0.3) is 0 Å². The van der Waals surface area contributed by atoms with Crippen LogP contribution >= 0.6 is 8.07 Å². The van der Waals surface area contributed by atoms with E-state index in [1.165, 1.54) is 12.6 Å². The van der Waals surface area contributed by atoms with Crippen LogP contribution in [-0.4, -0.2) is 43.3 Å². The van der Waals surface area contributed by atoms with Crippen molar-refractivity contribution in [1.29, 1.82) is 0 Å². The molecule has 0 bridgehead atoms. The molecule has 0 saturated carbocycles. The van der Waals surface area contributed by atoms with Crippen LogP contribution in [0.4, 0.5) is 0 Å². The normalized spacial score (nSPS) is 14.4. The minimum Gasteiger partial charge on any atom is -0.385 e. The lowest BCUT2D eigenvalue weighted by Crippen LogP contribution is -2.32. The highest BCUT2D eigenvalue weighted by Crippen LogP contribution is 2.40. The van der Waals surface area contributed by atoms with Crippen molar-refractivity contribution in [2.75, 3.05) is 26.5 Å². The molecule has 0 amide bonds. The van der Waals surface area contributed by atoms with E-state index < -0.39 is 0 Å². The monoisotopic (exact) mass is 219 g/mol. The maximum absolute atomic E-state index is 5.08. The van der Waals surface area contributed by atoms with Gasteiger partial charge in [0.2, 0.25) is 0 Å². The SMILES string of the molecule is COCCCP(C)N(C(C)C)C(C)C. The maximum atomic E-state index is 5.08. The lowest BCUT2D eigenvalue weighted by molar-refractivity contribution is 0.199. The summed E-state index contributed by atoms with van der Waals surface area (Å²) in [5.74, 6) is 0. The molecule has 0 heterocycles. The van der Waals surface area contributed by atoms with Crippen LogP contribution in [0.15, 0.2) is 0 Å².